The number of aryl methyl sites for hydroxylation is 1. The number of carboxylic acid groups (broad SMARTS) is 1. The standard InChI is InChI=1S/C20H28O4/c1-3-4-5-6-15-9-12-17(18(13-15)19(21)22)20(23)24-16-10-7-14(2)8-11-16/h7-8,10-11,15,17-18H,3-6,9,12-13H2,1-2H3,(H,21,22)/t15?,17-,18-/m1/s1. The summed E-state index contributed by atoms with van der Waals surface area (Å²) in [6.07, 6.45) is 6.68. The molecule has 1 aromatic rings. The highest BCUT2D eigenvalue weighted by atomic mass is 16.5. The smallest absolute Gasteiger partial charge is 0.315 e. The molecule has 4 nitrogen and oxygen atoms in total. The van der Waals surface area contributed by atoms with Crippen LogP contribution in [-0.2, 0) is 9.59 Å². The van der Waals surface area contributed by atoms with Crippen LogP contribution in [0.25, 0.3) is 0 Å². The second-order valence-electron chi connectivity index (χ2n) is 6.96. The SMILES string of the molecule is CCCCCC1CC[C@@H](C(=O)Oc2ccc(C)cc2)[C@H](C(=O)O)C1. The highest BCUT2D eigenvalue weighted by Gasteiger charge is 2.40. The molecule has 0 bridgehead atoms. The first-order valence-corrected chi connectivity index (χ1v) is 9.02. The molecule has 2 rings (SSSR count). The number of unbranched alkanes of at least 4 members (excludes halogenated alkanes) is 2. The maximum Gasteiger partial charge on any atom is 0.315 e. The van der Waals surface area contributed by atoms with E-state index in [4.69, 9.17) is 4.74 Å². The summed E-state index contributed by atoms with van der Waals surface area (Å²) in [7, 11) is 0. The molecule has 1 saturated carbocycles. The summed E-state index contributed by atoms with van der Waals surface area (Å²) in [5.41, 5.74) is 1.09. The van der Waals surface area contributed by atoms with E-state index in [1.54, 1.807) is 12.1 Å². The number of esters is 1. The third kappa shape index (κ3) is 5.08. The minimum atomic E-state index is -0.874. The van der Waals surface area contributed by atoms with Crippen LogP contribution in [0.1, 0.15) is 57.4 Å². The molecule has 0 saturated heterocycles. The maximum atomic E-state index is 12.4. The van der Waals surface area contributed by atoms with Crippen molar-refractivity contribution in [2.24, 2.45) is 17.8 Å². The molecule has 0 heterocycles. The number of benzene rings is 1. The first-order valence-electron chi connectivity index (χ1n) is 9.02. The molecule has 1 aliphatic carbocycles. The Balaban J connectivity index is 1.96. The molecule has 1 unspecified atom stereocenters. The van der Waals surface area contributed by atoms with E-state index in [0.717, 1.165) is 24.8 Å². The third-order valence-corrected chi connectivity index (χ3v) is 5.03. The van der Waals surface area contributed by atoms with Gasteiger partial charge in [-0.1, -0.05) is 50.3 Å². The van der Waals surface area contributed by atoms with Gasteiger partial charge in [-0.05, 0) is 44.2 Å². The highest BCUT2D eigenvalue weighted by molar-refractivity contribution is 5.82. The van der Waals surface area contributed by atoms with Crippen LogP contribution >= 0.6 is 0 Å². The van der Waals surface area contributed by atoms with Gasteiger partial charge in [-0.15, -0.1) is 0 Å². The Kier molecular flexibility index (Phi) is 6.83. The minimum Gasteiger partial charge on any atom is -0.481 e. The Labute approximate surface area is 144 Å². The number of aliphatic carboxylic acids is 1. The van der Waals surface area contributed by atoms with Crippen LogP contribution in [0.15, 0.2) is 24.3 Å². The van der Waals surface area contributed by atoms with Gasteiger partial charge in [0.2, 0.25) is 0 Å². The second-order valence-corrected chi connectivity index (χ2v) is 6.96. The van der Waals surface area contributed by atoms with Gasteiger partial charge in [0.1, 0.15) is 5.75 Å². The average molecular weight is 332 g/mol. The molecule has 0 aromatic heterocycles. The molecule has 3 atom stereocenters. The number of hydrogen-bond donors (Lipinski definition) is 1. The van der Waals surface area contributed by atoms with Crippen LogP contribution in [0.3, 0.4) is 0 Å². The summed E-state index contributed by atoms with van der Waals surface area (Å²) >= 11 is 0. The number of hydrogen-bond acceptors (Lipinski definition) is 3. The summed E-state index contributed by atoms with van der Waals surface area (Å²) in [6, 6.07) is 7.25. The lowest BCUT2D eigenvalue weighted by Gasteiger charge is -2.32. The number of carbonyl (C=O) groups excluding carboxylic acids is 1. The summed E-state index contributed by atoms with van der Waals surface area (Å²) < 4.78 is 5.42. The van der Waals surface area contributed by atoms with Gasteiger partial charge in [-0.2, -0.15) is 0 Å². The lowest BCUT2D eigenvalue weighted by Crippen LogP contribution is -2.37. The number of carbonyl (C=O) groups is 2. The zero-order valence-electron chi connectivity index (χ0n) is 14.7. The van der Waals surface area contributed by atoms with Gasteiger partial charge in [0.05, 0.1) is 11.8 Å². The molecule has 132 valence electrons. The molecule has 1 aliphatic rings. The Bertz CT molecular complexity index is 549. The van der Waals surface area contributed by atoms with E-state index >= 15 is 0 Å². The van der Waals surface area contributed by atoms with Crippen LogP contribution in [0, 0.1) is 24.7 Å². The number of carboxylic acids is 1. The summed E-state index contributed by atoms with van der Waals surface area (Å²) in [5, 5.41) is 9.54. The quantitative estimate of drug-likeness (QED) is 0.450. The van der Waals surface area contributed by atoms with Gasteiger partial charge in [-0.3, -0.25) is 9.59 Å². The molecule has 0 spiro atoms. The molecule has 1 fully saturated rings. The zero-order chi connectivity index (χ0) is 17.5. The lowest BCUT2D eigenvalue weighted by atomic mass is 9.72. The minimum absolute atomic E-state index is 0.404. The van der Waals surface area contributed by atoms with Gasteiger partial charge in [0, 0.05) is 0 Å². The fraction of sp³-hybridized carbons (Fsp3) is 0.600. The molecule has 4 heteroatoms. The van der Waals surface area contributed by atoms with Gasteiger partial charge in [0.15, 0.2) is 0 Å². The number of ether oxygens (including phenoxy) is 1. The molecular formula is C20H28O4. The van der Waals surface area contributed by atoms with E-state index in [1.807, 2.05) is 19.1 Å². The molecular weight excluding hydrogens is 304 g/mol. The van der Waals surface area contributed by atoms with Crippen molar-refractivity contribution in [1.29, 1.82) is 0 Å². The predicted octanol–water partition coefficient (Wildman–Crippen LogP) is 4.60. The van der Waals surface area contributed by atoms with Crippen LogP contribution in [0.2, 0.25) is 0 Å². The molecule has 0 radical (unpaired) electrons. The van der Waals surface area contributed by atoms with Crippen molar-refractivity contribution in [3.05, 3.63) is 29.8 Å². The molecule has 1 aromatic carbocycles. The topological polar surface area (TPSA) is 63.6 Å². The van der Waals surface area contributed by atoms with Gasteiger partial charge in [0.25, 0.3) is 0 Å². The normalized spacial score (nSPS) is 23.7. The van der Waals surface area contributed by atoms with Crippen molar-refractivity contribution in [1.82, 2.24) is 0 Å². The van der Waals surface area contributed by atoms with Gasteiger partial charge in [-0.25, -0.2) is 0 Å². The molecule has 24 heavy (non-hydrogen) atoms. The van der Waals surface area contributed by atoms with Crippen molar-refractivity contribution in [3.8, 4) is 5.75 Å². The fourth-order valence-electron chi connectivity index (χ4n) is 3.56. The Morgan fingerprint density at radius 3 is 2.46 bits per heavy atom. The first-order chi connectivity index (χ1) is 11.5. The largest absolute Gasteiger partial charge is 0.481 e. The summed E-state index contributed by atoms with van der Waals surface area (Å²) in [6.45, 7) is 4.13. The highest BCUT2D eigenvalue weighted by Crippen LogP contribution is 2.37. The molecule has 0 aliphatic heterocycles. The third-order valence-electron chi connectivity index (χ3n) is 5.03. The van der Waals surface area contributed by atoms with Crippen LogP contribution in [-0.4, -0.2) is 17.0 Å². The van der Waals surface area contributed by atoms with E-state index in [-0.39, 0.29) is 0 Å². The van der Waals surface area contributed by atoms with E-state index in [9.17, 15) is 14.7 Å². The summed E-state index contributed by atoms with van der Waals surface area (Å²) in [4.78, 5) is 24.1. The van der Waals surface area contributed by atoms with Gasteiger partial charge < -0.3 is 9.84 Å². The van der Waals surface area contributed by atoms with Crippen molar-refractivity contribution in [2.45, 2.75) is 58.8 Å². The van der Waals surface area contributed by atoms with Crippen molar-refractivity contribution < 1.29 is 19.4 Å². The van der Waals surface area contributed by atoms with E-state index in [2.05, 4.69) is 6.92 Å². The molecule has 1 N–H and O–H groups in total. The van der Waals surface area contributed by atoms with Crippen molar-refractivity contribution in [3.63, 3.8) is 0 Å². The second kappa shape index (κ2) is 8.86. The van der Waals surface area contributed by atoms with Gasteiger partial charge >= 0.3 is 11.9 Å². The Morgan fingerprint density at radius 2 is 1.83 bits per heavy atom. The first kappa shape index (κ1) is 18.5. The molecule has 0 amide bonds. The zero-order valence-corrected chi connectivity index (χ0v) is 14.7. The van der Waals surface area contributed by atoms with E-state index in [0.29, 0.717) is 24.5 Å². The Morgan fingerprint density at radius 1 is 1.12 bits per heavy atom. The van der Waals surface area contributed by atoms with E-state index < -0.39 is 23.8 Å². The maximum absolute atomic E-state index is 12.4. The lowest BCUT2D eigenvalue weighted by molar-refractivity contribution is -0.155. The van der Waals surface area contributed by atoms with Crippen molar-refractivity contribution in [2.75, 3.05) is 0 Å². The fourth-order valence-corrected chi connectivity index (χ4v) is 3.56. The summed E-state index contributed by atoms with van der Waals surface area (Å²) in [5.74, 6) is -1.53. The monoisotopic (exact) mass is 332 g/mol. The van der Waals surface area contributed by atoms with Crippen LogP contribution < -0.4 is 4.74 Å². The van der Waals surface area contributed by atoms with Crippen molar-refractivity contribution >= 4 is 11.9 Å². The predicted molar refractivity (Wildman–Crippen MR) is 92.9 cm³/mol. The van der Waals surface area contributed by atoms with Crippen LogP contribution in [0.4, 0.5) is 0 Å². The Hall–Kier alpha value is -1.84. The van der Waals surface area contributed by atoms with Crippen LogP contribution in [0.5, 0.6) is 5.75 Å². The average Bonchev–Trinajstić information content (AvgIpc) is 2.57. The number of rotatable bonds is 7. The van der Waals surface area contributed by atoms with E-state index in [1.165, 1.54) is 12.8 Å².